The van der Waals surface area contributed by atoms with Crippen LogP contribution in [0.5, 0.6) is 0 Å². The maximum absolute atomic E-state index is 13.2. The van der Waals surface area contributed by atoms with Gasteiger partial charge in [0, 0.05) is 11.8 Å². The smallest absolute Gasteiger partial charge is 0.165 e. The average molecular weight is 257 g/mol. The van der Waals surface area contributed by atoms with Crippen LogP contribution in [0.3, 0.4) is 0 Å². The minimum atomic E-state index is -0.552. The summed E-state index contributed by atoms with van der Waals surface area (Å²) in [5.74, 6) is -0.674. The molecule has 0 aliphatic heterocycles. The standard InChI is InChI=1S/C11H7Cl2FN2/c12-8-2-1-6(3-9(8)13)7-4-10(14)11(15)16-5-7/h1-5H,(H2,15,16). The van der Waals surface area contributed by atoms with Gasteiger partial charge in [-0.3, -0.25) is 0 Å². The summed E-state index contributed by atoms with van der Waals surface area (Å²) in [6.45, 7) is 0. The topological polar surface area (TPSA) is 38.9 Å². The zero-order valence-corrected chi connectivity index (χ0v) is 9.56. The molecule has 0 saturated carbocycles. The Morgan fingerprint density at radius 3 is 2.44 bits per heavy atom. The van der Waals surface area contributed by atoms with Gasteiger partial charge in [-0.15, -0.1) is 0 Å². The molecule has 0 unspecified atom stereocenters. The molecule has 0 radical (unpaired) electrons. The summed E-state index contributed by atoms with van der Waals surface area (Å²) in [6, 6.07) is 6.34. The summed E-state index contributed by atoms with van der Waals surface area (Å²) < 4.78 is 13.2. The van der Waals surface area contributed by atoms with Gasteiger partial charge in [0.05, 0.1) is 10.0 Å². The first-order valence-electron chi connectivity index (χ1n) is 4.44. The van der Waals surface area contributed by atoms with Crippen LogP contribution in [0.1, 0.15) is 0 Å². The lowest BCUT2D eigenvalue weighted by atomic mass is 10.1. The van der Waals surface area contributed by atoms with E-state index < -0.39 is 5.82 Å². The number of nitrogen functional groups attached to an aromatic ring is 1. The van der Waals surface area contributed by atoms with Gasteiger partial charge in [0.1, 0.15) is 0 Å². The number of halogens is 3. The van der Waals surface area contributed by atoms with E-state index in [1.807, 2.05) is 0 Å². The molecule has 1 aromatic heterocycles. The van der Waals surface area contributed by atoms with Crippen molar-refractivity contribution < 1.29 is 4.39 Å². The van der Waals surface area contributed by atoms with Crippen LogP contribution in [-0.2, 0) is 0 Å². The monoisotopic (exact) mass is 256 g/mol. The molecule has 0 spiro atoms. The Bertz CT molecular complexity index is 494. The van der Waals surface area contributed by atoms with Crippen LogP contribution >= 0.6 is 23.2 Å². The Labute approximate surface area is 102 Å². The van der Waals surface area contributed by atoms with Crippen molar-refractivity contribution in [3.05, 3.63) is 46.3 Å². The molecule has 1 heterocycles. The highest BCUT2D eigenvalue weighted by Gasteiger charge is 2.05. The highest BCUT2D eigenvalue weighted by atomic mass is 35.5. The molecule has 2 rings (SSSR count). The molecule has 0 saturated heterocycles. The first-order chi connectivity index (χ1) is 7.58. The van der Waals surface area contributed by atoms with Gasteiger partial charge >= 0.3 is 0 Å². The molecule has 2 aromatic rings. The molecule has 0 bridgehead atoms. The van der Waals surface area contributed by atoms with Crippen molar-refractivity contribution >= 4 is 29.0 Å². The van der Waals surface area contributed by atoms with E-state index in [9.17, 15) is 4.39 Å². The summed E-state index contributed by atoms with van der Waals surface area (Å²) in [5.41, 5.74) is 6.63. The van der Waals surface area contributed by atoms with Crippen LogP contribution in [0, 0.1) is 5.82 Å². The summed E-state index contributed by atoms with van der Waals surface area (Å²) in [6.07, 6.45) is 1.48. The molecular weight excluding hydrogens is 250 g/mol. The molecule has 2 N–H and O–H groups in total. The molecule has 0 fully saturated rings. The van der Waals surface area contributed by atoms with Gasteiger partial charge < -0.3 is 5.73 Å². The maximum Gasteiger partial charge on any atom is 0.165 e. The van der Waals surface area contributed by atoms with E-state index in [1.165, 1.54) is 12.3 Å². The van der Waals surface area contributed by atoms with Crippen LogP contribution in [0.25, 0.3) is 11.1 Å². The molecule has 1 aromatic carbocycles. The molecule has 0 aliphatic carbocycles. The zero-order chi connectivity index (χ0) is 11.7. The number of hydrogen-bond acceptors (Lipinski definition) is 2. The molecule has 82 valence electrons. The second-order valence-corrected chi connectivity index (χ2v) is 4.03. The third-order valence-corrected chi connectivity index (χ3v) is 2.86. The highest BCUT2D eigenvalue weighted by molar-refractivity contribution is 6.42. The number of benzene rings is 1. The van der Waals surface area contributed by atoms with Crippen molar-refractivity contribution in [1.82, 2.24) is 4.98 Å². The Balaban J connectivity index is 2.50. The van der Waals surface area contributed by atoms with E-state index in [-0.39, 0.29) is 5.82 Å². The lowest BCUT2D eigenvalue weighted by molar-refractivity contribution is 0.628. The van der Waals surface area contributed by atoms with Crippen molar-refractivity contribution in [2.75, 3.05) is 5.73 Å². The van der Waals surface area contributed by atoms with Gasteiger partial charge in [0.25, 0.3) is 0 Å². The van der Waals surface area contributed by atoms with Gasteiger partial charge in [-0.2, -0.15) is 0 Å². The molecule has 0 amide bonds. The minimum Gasteiger partial charge on any atom is -0.381 e. The molecular formula is C11H7Cl2FN2. The van der Waals surface area contributed by atoms with Crippen molar-refractivity contribution in [1.29, 1.82) is 0 Å². The lowest BCUT2D eigenvalue weighted by Crippen LogP contribution is -1.94. The van der Waals surface area contributed by atoms with Crippen LogP contribution < -0.4 is 5.73 Å². The number of anilines is 1. The largest absolute Gasteiger partial charge is 0.381 e. The Hall–Kier alpha value is -1.32. The van der Waals surface area contributed by atoms with Gasteiger partial charge in [-0.25, -0.2) is 9.37 Å². The van der Waals surface area contributed by atoms with E-state index in [4.69, 9.17) is 28.9 Å². The van der Waals surface area contributed by atoms with E-state index in [1.54, 1.807) is 18.2 Å². The number of nitrogens with two attached hydrogens (primary N) is 1. The number of hydrogen-bond donors (Lipinski definition) is 1. The third-order valence-electron chi connectivity index (χ3n) is 2.12. The van der Waals surface area contributed by atoms with Gasteiger partial charge in [-0.05, 0) is 23.8 Å². The maximum atomic E-state index is 13.2. The predicted molar refractivity (Wildman–Crippen MR) is 64.1 cm³/mol. The second kappa shape index (κ2) is 4.28. The summed E-state index contributed by atoms with van der Waals surface area (Å²) in [5, 5.41) is 0.866. The third kappa shape index (κ3) is 2.10. The van der Waals surface area contributed by atoms with Crippen LogP contribution in [0.4, 0.5) is 10.2 Å². The van der Waals surface area contributed by atoms with Gasteiger partial charge in [0.15, 0.2) is 11.6 Å². The van der Waals surface area contributed by atoms with Crippen molar-refractivity contribution in [3.8, 4) is 11.1 Å². The fourth-order valence-corrected chi connectivity index (χ4v) is 1.58. The fraction of sp³-hybridized carbons (Fsp3) is 0. The molecule has 0 atom stereocenters. The normalized spacial score (nSPS) is 10.4. The predicted octanol–water partition coefficient (Wildman–Crippen LogP) is 3.78. The summed E-state index contributed by atoms with van der Waals surface area (Å²) in [7, 11) is 0. The Kier molecular flexibility index (Phi) is 2.99. The SMILES string of the molecule is Nc1ncc(-c2ccc(Cl)c(Cl)c2)cc1F. The van der Waals surface area contributed by atoms with Crippen LogP contribution in [-0.4, -0.2) is 4.98 Å². The quantitative estimate of drug-likeness (QED) is 0.844. The van der Waals surface area contributed by atoms with E-state index >= 15 is 0 Å². The van der Waals surface area contributed by atoms with E-state index in [0.29, 0.717) is 15.6 Å². The Morgan fingerprint density at radius 2 is 1.81 bits per heavy atom. The number of aromatic nitrogens is 1. The van der Waals surface area contributed by atoms with Gasteiger partial charge in [-0.1, -0.05) is 29.3 Å². The van der Waals surface area contributed by atoms with Crippen molar-refractivity contribution in [3.63, 3.8) is 0 Å². The lowest BCUT2D eigenvalue weighted by Gasteiger charge is -2.04. The number of nitrogens with zero attached hydrogens (tertiary/aromatic N) is 1. The average Bonchev–Trinajstić information content (AvgIpc) is 2.26. The summed E-state index contributed by atoms with van der Waals surface area (Å²) >= 11 is 11.6. The molecule has 16 heavy (non-hydrogen) atoms. The molecule has 2 nitrogen and oxygen atoms in total. The van der Waals surface area contributed by atoms with E-state index in [2.05, 4.69) is 4.98 Å². The number of rotatable bonds is 1. The first-order valence-corrected chi connectivity index (χ1v) is 5.20. The Morgan fingerprint density at radius 1 is 1.06 bits per heavy atom. The zero-order valence-electron chi connectivity index (χ0n) is 8.05. The van der Waals surface area contributed by atoms with Crippen molar-refractivity contribution in [2.45, 2.75) is 0 Å². The highest BCUT2D eigenvalue weighted by Crippen LogP contribution is 2.28. The van der Waals surface area contributed by atoms with Crippen molar-refractivity contribution in [2.24, 2.45) is 0 Å². The van der Waals surface area contributed by atoms with Gasteiger partial charge in [0.2, 0.25) is 0 Å². The first kappa shape index (κ1) is 11.2. The minimum absolute atomic E-state index is 0.121. The second-order valence-electron chi connectivity index (χ2n) is 3.22. The van der Waals surface area contributed by atoms with Crippen LogP contribution in [0.15, 0.2) is 30.5 Å². The van der Waals surface area contributed by atoms with Crippen LogP contribution in [0.2, 0.25) is 10.0 Å². The van der Waals surface area contributed by atoms with E-state index in [0.717, 1.165) is 5.56 Å². The summed E-state index contributed by atoms with van der Waals surface area (Å²) in [4.78, 5) is 3.73. The fourth-order valence-electron chi connectivity index (χ4n) is 1.28. The molecule has 0 aliphatic rings. The molecule has 5 heteroatoms. The number of pyridine rings is 1.